The highest BCUT2D eigenvalue weighted by Crippen LogP contribution is 2.23. The molecule has 0 saturated heterocycles. The molecule has 0 aliphatic carbocycles. The van der Waals surface area contributed by atoms with Gasteiger partial charge in [-0.25, -0.2) is 9.97 Å². The largest absolute Gasteiger partial charge is 0.396 e. The van der Waals surface area contributed by atoms with E-state index < -0.39 is 5.91 Å². The lowest BCUT2D eigenvalue weighted by atomic mass is 10.1. The highest BCUT2D eigenvalue weighted by molar-refractivity contribution is 5.96. The number of nitrogens with one attached hydrogen (secondary N) is 2. The summed E-state index contributed by atoms with van der Waals surface area (Å²) in [6, 6.07) is 3.07. The summed E-state index contributed by atoms with van der Waals surface area (Å²) >= 11 is 0. The summed E-state index contributed by atoms with van der Waals surface area (Å²) in [6.07, 6.45) is 7.72. The number of pyridine rings is 1. The predicted octanol–water partition coefficient (Wildman–Crippen LogP) is 3.11. The molecule has 0 atom stereocenters. The first-order valence-electron chi connectivity index (χ1n) is 10.2. The third kappa shape index (κ3) is 8.91. The van der Waals surface area contributed by atoms with Gasteiger partial charge in [0.05, 0.1) is 5.69 Å². The minimum atomic E-state index is -0.648. The van der Waals surface area contributed by atoms with Crippen LogP contribution in [0, 0.1) is 10.8 Å². The second kappa shape index (κ2) is 14.6. The highest BCUT2D eigenvalue weighted by Gasteiger charge is 2.16. The maximum absolute atomic E-state index is 11.3. The number of unbranched alkanes of at least 4 members (excludes halogenated alkanes) is 2. The third-order valence-corrected chi connectivity index (χ3v) is 3.96. The standard InChI is InChI=1S/C15H17N7O.C5H12O.C2H6/c1-8(5-12(17)18)11-7-22(2)15(21-11)13-9(6-16)3-4-10(20-13)14(19)23;1-2-3-4-5-6;1-2/h3-7,16H,1-2H3,(H3,17,18)(H2,19,23);6H,2-5H2,1H3;1-2H3/b8-5+,16-6?;;. The van der Waals surface area contributed by atoms with E-state index in [4.69, 9.17) is 27.4 Å². The summed E-state index contributed by atoms with van der Waals surface area (Å²) < 4.78 is 1.73. The molecule has 170 valence electrons. The van der Waals surface area contributed by atoms with E-state index in [1.807, 2.05) is 13.8 Å². The van der Waals surface area contributed by atoms with E-state index >= 15 is 0 Å². The molecule has 0 spiro atoms. The Morgan fingerprint density at radius 2 is 1.84 bits per heavy atom. The Labute approximate surface area is 184 Å². The van der Waals surface area contributed by atoms with Crippen molar-refractivity contribution in [3.63, 3.8) is 0 Å². The van der Waals surface area contributed by atoms with Crippen molar-refractivity contribution < 1.29 is 9.90 Å². The quantitative estimate of drug-likeness (QED) is 0.246. The summed E-state index contributed by atoms with van der Waals surface area (Å²) in [6.45, 7) is 8.27. The molecule has 31 heavy (non-hydrogen) atoms. The van der Waals surface area contributed by atoms with Crippen LogP contribution in [0.2, 0.25) is 0 Å². The van der Waals surface area contributed by atoms with Crippen molar-refractivity contribution in [3.8, 4) is 11.5 Å². The van der Waals surface area contributed by atoms with Crippen molar-refractivity contribution in [2.75, 3.05) is 6.61 Å². The summed E-state index contributed by atoms with van der Waals surface area (Å²) in [7, 11) is 1.78. The third-order valence-electron chi connectivity index (χ3n) is 3.96. The van der Waals surface area contributed by atoms with E-state index in [0.29, 0.717) is 29.4 Å². The highest BCUT2D eigenvalue weighted by atomic mass is 16.2. The maximum Gasteiger partial charge on any atom is 0.267 e. The number of nitrogens with zero attached hydrogens (tertiary/aromatic N) is 3. The molecule has 0 unspecified atom stereocenters. The van der Waals surface area contributed by atoms with E-state index in [0.717, 1.165) is 24.6 Å². The number of aromatic nitrogens is 3. The molecule has 1 amide bonds. The van der Waals surface area contributed by atoms with Crippen LogP contribution in [0.25, 0.3) is 17.1 Å². The summed E-state index contributed by atoms with van der Waals surface area (Å²) in [4.78, 5) is 20.0. The van der Waals surface area contributed by atoms with Crippen LogP contribution in [0.15, 0.2) is 24.4 Å². The van der Waals surface area contributed by atoms with Crippen LogP contribution in [0.3, 0.4) is 0 Å². The second-order valence-corrected chi connectivity index (χ2v) is 6.42. The molecular formula is C22H35N7O2. The average Bonchev–Trinajstić information content (AvgIpc) is 3.14. The fourth-order valence-electron chi connectivity index (χ4n) is 2.45. The van der Waals surface area contributed by atoms with Crippen molar-refractivity contribution in [2.24, 2.45) is 18.5 Å². The number of imidazole rings is 1. The number of carbonyl (C=O) groups excluding carboxylic acids is 1. The lowest BCUT2D eigenvalue weighted by Crippen LogP contribution is -2.14. The summed E-state index contributed by atoms with van der Waals surface area (Å²) in [5.74, 6) is -0.230. The molecule has 7 N–H and O–H groups in total. The van der Waals surface area contributed by atoms with Gasteiger partial charge in [0.25, 0.3) is 5.91 Å². The molecule has 0 bridgehead atoms. The fourth-order valence-corrected chi connectivity index (χ4v) is 2.45. The van der Waals surface area contributed by atoms with Gasteiger partial charge in [-0.3, -0.25) is 10.2 Å². The molecular weight excluding hydrogens is 394 g/mol. The smallest absolute Gasteiger partial charge is 0.267 e. The van der Waals surface area contributed by atoms with Gasteiger partial charge >= 0.3 is 0 Å². The summed E-state index contributed by atoms with van der Waals surface area (Å²) in [5.41, 5.74) is 13.0. The number of aliphatic hydroxyl groups excluding tert-OH is 1. The van der Waals surface area contributed by atoms with Gasteiger partial charge in [-0.15, -0.1) is 0 Å². The molecule has 0 aliphatic heterocycles. The number of allylic oxidation sites excluding steroid dienone is 1. The predicted molar refractivity (Wildman–Crippen MR) is 126 cm³/mol. The van der Waals surface area contributed by atoms with Gasteiger partial charge in [0.1, 0.15) is 17.2 Å². The maximum atomic E-state index is 11.3. The van der Waals surface area contributed by atoms with E-state index in [-0.39, 0.29) is 11.5 Å². The SMILES string of the molecule is C/C(=C\C(=N)N)c1cn(C)c(-c2nc(C(N)=O)ccc2C=N)n1.CC.CCCCCO. The molecule has 0 radical (unpaired) electrons. The van der Waals surface area contributed by atoms with Crippen molar-refractivity contribution in [1.82, 2.24) is 14.5 Å². The van der Waals surface area contributed by atoms with E-state index in [2.05, 4.69) is 16.9 Å². The molecule has 0 aromatic carbocycles. The average molecular weight is 430 g/mol. The first-order valence-corrected chi connectivity index (χ1v) is 10.2. The topological polar surface area (TPSA) is 168 Å². The Hall–Kier alpha value is -3.33. The van der Waals surface area contributed by atoms with E-state index in [9.17, 15) is 4.79 Å². The zero-order valence-corrected chi connectivity index (χ0v) is 19.1. The number of hydrogen-bond acceptors (Lipinski definition) is 6. The lowest BCUT2D eigenvalue weighted by Gasteiger charge is -2.06. The lowest BCUT2D eigenvalue weighted by molar-refractivity contribution is 0.0995. The van der Waals surface area contributed by atoms with Crippen molar-refractivity contribution in [1.29, 1.82) is 10.8 Å². The molecule has 0 fully saturated rings. The fraction of sp³-hybridized carbons (Fsp3) is 0.409. The number of nitrogens with two attached hydrogens (primary N) is 2. The first-order chi connectivity index (χ1) is 14.7. The number of amides is 1. The van der Waals surface area contributed by atoms with Gasteiger partial charge < -0.3 is 26.6 Å². The molecule has 9 nitrogen and oxygen atoms in total. The van der Waals surface area contributed by atoms with Crippen molar-refractivity contribution in [2.45, 2.75) is 47.0 Å². The Balaban J connectivity index is 0.000000970. The minimum Gasteiger partial charge on any atom is -0.396 e. The molecule has 2 aromatic heterocycles. The molecule has 2 heterocycles. The second-order valence-electron chi connectivity index (χ2n) is 6.42. The van der Waals surface area contributed by atoms with Gasteiger partial charge in [0.2, 0.25) is 0 Å². The van der Waals surface area contributed by atoms with Gasteiger partial charge in [-0.2, -0.15) is 0 Å². The minimum absolute atomic E-state index is 0.0660. The number of rotatable bonds is 8. The molecule has 2 aromatic rings. The number of aryl methyl sites for hydroxylation is 1. The molecule has 0 aliphatic rings. The van der Waals surface area contributed by atoms with Crippen LogP contribution in [0.4, 0.5) is 0 Å². The van der Waals surface area contributed by atoms with Crippen molar-refractivity contribution >= 4 is 23.5 Å². The first kappa shape index (κ1) is 27.7. The Kier molecular flexibility index (Phi) is 13.1. The van der Waals surface area contributed by atoms with Crippen LogP contribution in [-0.2, 0) is 7.05 Å². The van der Waals surface area contributed by atoms with Crippen molar-refractivity contribution in [3.05, 3.63) is 41.4 Å². The monoisotopic (exact) mass is 429 g/mol. The number of carbonyl (C=O) groups is 1. The number of primary amides is 1. The molecule has 9 heteroatoms. The number of hydrogen-bond donors (Lipinski definition) is 5. The van der Waals surface area contributed by atoms with E-state index in [1.54, 1.807) is 30.8 Å². The van der Waals surface area contributed by atoms with Crippen LogP contribution in [0.5, 0.6) is 0 Å². The number of amidine groups is 1. The van der Waals surface area contributed by atoms with Crippen LogP contribution < -0.4 is 11.5 Å². The molecule has 2 rings (SSSR count). The van der Waals surface area contributed by atoms with Gasteiger partial charge in [-0.1, -0.05) is 33.6 Å². The van der Waals surface area contributed by atoms with Gasteiger partial charge in [0, 0.05) is 31.6 Å². The van der Waals surface area contributed by atoms with Gasteiger partial charge in [-0.05, 0) is 37.1 Å². The summed E-state index contributed by atoms with van der Waals surface area (Å²) in [5, 5.41) is 23.0. The zero-order chi connectivity index (χ0) is 24.0. The van der Waals surface area contributed by atoms with Crippen LogP contribution >= 0.6 is 0 Å². The zero-order valence-electron chi connectivity index (χ0n) is 19.1. The van der Waals surface area contributed by atoms with Crippen LogP contribution in [0.1, 0.15) is 68.7 Å². The Morgan fingerprint density at radius 3 is 2.29 bits per heavy atom. The Morgan fingerprint density at radius 1 is 1.19 bits per heavy atom. The van der Waals surface area contributed by atoms with Crippen LogP contribution in [-0.4, -0.2) is 44.2 Å². The molecule has 0 saturated carbocycles. The Bertz CT molecular complexity index is 897. The number of aliphatic hydroxyl groups is 1. The normalized spacial score (nSPS) is 10.3. The van der Waals surface area contributed by atoms with E-state index in [1.165, 1.54) is 18.6 Å². The van der Waals surface area contributed by atoms with Gasteiger partial charge in [0.15, 0.2) is 5.82 Å².